The van der Waals surface area contributed by atoms with E-state index < -0.39 is 0 Å². The molecule has 124 valence electrons. The van der Waals surface area contributed by atoms with Gasteiger partial charge in [-0.2, -0.15) is 0 Å². The van der Waals surface area contributed by atoms with E-state index in [1.807, 2.05) is 75.3 Å². The number of rotatable bonds is 4. The number of hydrogen-bond acceptors (Lipinski definition) is 1. The molecule has 0 spiro atoms. The van der Waals surface area contributed by atoms with Crippen LogP contribution >= 0.6 is 0 Å². The van der Waals surface area contributed by atoms with Crippen molar-refractivity contribution in [2.75, 3.05) is 0 Å². The minimum atomic E-state index is -0.322. The number of carbonyl (C=O) groups excluding carboxylic acids is 1. The second-order valence-electron chi connectivity index (χ2n) is 2.79. The van der Waals surface area contributed by atoms with E-state index in [2.05, 4.69) is 6.92 Å². The lowest BCUT2D eigenvalue weighted by atomic mass is 10.1. The Balaban J connectivity index is -0.0000000799. The van der Waals surface area contributed by atoms with Gasteiger partial charge in [-0.15, -0.1) is 0 Å². The van der Waals surface area contributed by atoms with Crippen LogP contribution in [-0.4, -0.2) is 5.91 Å². The first-order chi connectivity index (χ1) is 9.61. The summed E-state index contributed by atoms with van der Waals surface area (Å²) in [4.78, 5) is 10.8. The molecule has 0 rings (SSSR count). The molecule has 20 heavy (non-hydrogen) atoms. The summed E-state index contributed by atoms with van der Waals surface area (Å²) in [7, 11) is 0. The van der Waals surface area contributed by atoms with Crippen LogP contribution in [0.3, 0.4) is 0 Å². The van der Waals surface area contributed by atoms with E-state index in [1.165, 1.54) is 5.57 Å². The summed E-state index contributed by atoms with van der Waals surface area (Å²) in [6.07, 6.45) is 5.49. The van der Waals surface area contributed by atoms with E-state index in [0.29, 0.717) is 12.0 Å². The fourth-order valence-corrected chi connectivity index (χ4v) is 0.789. The van der Waals surface area contributed by atoms with Crippen molar-refractivity contribution < 1.29 is 4.79 Å². The third-order valence-electron chi connectivity index (χ3n) is 1.89. The molecule has 1 amide bonds. The maximum atomic E-state index is 10.8. The van der Waals surface area contributed by atoms with Crippen molar-refractivity contribution in [1.82, 2.24) is 0 Å². The van der Waals surface area contributed by atoms with Crippen molar-refractivity contribution in [3.05, 3.63) is 23.3 Å². The lowest BCUT2D eigenvalue weighted by Crippen LogP contribution is -2.13. The van der Waals surface area contributed by atoms with E-state index in [9.17, 15) is 4.79 Å². The average molecular weight is 288 g/mol. The number of amides is 1. The molecule has 2 heteroatoms. The zero-order valence-corrected chi connectivity index (χ0v) is 16.1. The summed E-state index contributed by atoms with van der Waals surface area (Å²) in [5.41, 5.74) is 7.11. The van der Waals surface area contributed by atoms with Gasteiger partial charge in [-0.05, 0) is 26.7 Å². The Labute approximate surface area is 129 Å². The second-order valence-corrected chi connectivity index (χ2v) is 2.79. The Kier molecular flexibility index (Phi) is 56.7. The van der Waals surface area contributed by atoms with Gasteiger partial charge in [0.15, 0.2) is 0 Å². The summed E-state index contributed by atoms with van der Waals surface area (Å²) in [6.45, 7) is 22.0. The summed E-state index contributed by atoms with van der Waals surface area (Å²) in [5, 5.41) is 0. The summed E-state index contributed by atoms with van der Waals surface area (Å²) >= 11 is 0. The zero-order chi connectivity index (χ0) is 17.6. The highest BCUT2D eigenvalue weighted by atomic mass is 16.1. The second kappa shape index (κ2) is 36.1. The van der Waals surface area contributed by atoms with Gasteiger partial charge in [0.05, 0.1) is 0 Å². The van der Waals surface area contributed by atoms with Crippen LogP contribution in [-0.2, 0) is 4.79 Å². The summed E-state index contributed by atoms with van der Waals surface area (Å²) in [5.74, 6) is -0.322. The van der Waals surface area contributed by atoms with Gasteiger partial charge in [0.25, 0.3) is 0 Å². The van der Waals surface area contributed by atoms with Crippen LogP contribution in [0.15, 0.2) is 23.3 Å². The van der Waals surface area contributed by atoms with Gasteiger partial charge in [-0.1, -0.05) is 80.0 Å². The first-order valence-corrected chi connectivity index (χ1v) is 8.22. The fourth-order valence-electron chi connectivity index (χ4n) is 0.789. The van der Waals surface area contributed by atoms with E-state index in [0.717, 1.165) is 6.42 Å². The number of primary amides is 1. The molecule has 0 heterocycles. The molecular formula is C18H41NO. The van der Waals surface area contributed by atoms with E-state index in [-0.39, 0.29) is 5.91 Å². The van der Waals surface area contributed by atoms with E-state index >= 15 is 0 Å². The molecule has 0 saturated carbocycles. The minimum absolute atomic E-state index is 0.322. The number of nitrogens with two attached hydrogens (primary N) is 1. The van der Waals surface area contributed by atoms with Gasteiger partial charge in [-0.3, -0.25) is 4.79 Å². The highest BCUT2D eigenvalue weighted by Gasteiger charge is 2.00. The van der Waals surface area contributed by atoms with Crippen LogP contribution in [0.1, 0.15) is 89.0 Å². The Morgan fingerprint density at radius 2 is 1.30 bits per heavy atom. The van der Waals surface area contributed by atoms with Gasteiger partial charge < -0.3 is 5.73 Å². The molecule has 2 N–H and O–H groups in total. The SMILES string of the molecule is C/C=C(\C/C=C(/C)CC)C(N)=O.CC.CC.CC.CC. The Hall–Kier alpha value is -1.05. The van der Waals surface area contributed by atoms with Gasteiger partial charge >= 0.3 is 0 Å². The molecule has 0 aliphatic heterocycles. The minimum Gasteiger partial charge on any atom is -0.366 e. The molecule has 0 saturated heterocycles. The summed E-state index contributed by atoms with van der Waals surface area (Å²) in [6, 6.07) is 0. The fraction of sp³-hybridized carbons (Fsp3) is 0.722. The Bertz CT molecular complexity index is 215. The molecule has 0 aliphatic rings. The quantitative estimate of drug-likeness (QED) is 0.480. The van der Waals surface area contributed by atoms with Gasteiger partial charge in [0.1, 0.15) is 0 Å². The van der Waals surface area contributed by atoms with Gasteiger partial charge in [-0.25, -0.2) is 0 Å². The topological polar surface area (TPSA) is 43.1 Å². The van der Waals surface area contributed by atoms with Crippen molar-refractivity contribution >= 4 is 5.91 Å². The predicted molar refractivity (Wildman–Crippen MR) is 97.0 cm³/mol. The Morgan fingerprint density at radius 1 is 0.950 bits per heavy atom. The van der Waals surface area contributed by atoms with E-state index in [4.69, 9.17) is 5.73 Å². The monoisotopic (exact) mass is 287 g/mol. The van der Waals surface area contributed by atoms with Crippen molar-refractivity contribution in [3.8, 4) is 0 Å². The molecular weight excluding hydrogens is 246 g/mol. The predicted octanol–water partition coefficient (Wildman–Crippen LogP) is 6.27. The Morgan fingerprint density at radius 3 is 1.50 bits per heavy atom. The highest BCUT2D eigenvalue weighted by molar-refractivity contribution is 5.92. The van der Waals surface area contributed by atoms with Crippen LogP contribution in [0.4, 0.5) is 0 Å². The smallest absolute Gasteiger partial charge is 0.244 e. The lowest BCUT2D eigenvalue weighted by molar-refractivity contribution is -0.114. The number of hydrogen-bond donors (Lipinski definition) is 1. The molecule has 0 aliphatic carbocycles. The van der Waals surface area contributed by atoms with Crippen LogP contribution in [0.5, 0.6) is 0 Å². The molecule has 0 bridgehead atoms. The largest absolute Gasteiger partial charge is 0.366 e. The van der Waals surface area contributed by atoms with E-state index in [1.54, 1.807) is 6.08 Å². The molecule has 0 aromatic rings. The van der Waals surface area contributed by atoms with Crippen LogP contribution in [0.25, 0.3) is 0 Å². The molecule has 0 atom stereocenters. The van der Waals surface area contributed by atoms with Gasteiger partial charge in [0.2, 0.25) is 5.91 Å². The van der Waals surface area contributed by atoms with Crippen LogP contribution in [0.2, 0.25) is 0 Å². The molecule has 0 aromatic carbocycles. The maximum absolute atomic E-state index is 10.8. The normalized spacial score (nSPS) is 9.15. The van der Waals surface area contributed by atoms with Crippen LogP contribution < -0.4 is 5.73 Å². The molecule has 0 fully saturated rings. The molecule has 0 unspecified atom stereocenters. The first kappa shape index (κ1) is 31.4. The molecule has 2 nitrogen and oxygen atoms in total. The molecule has 0 radical (unpaired) electrons. The van der Waals surface area contributed by atoms with Crippen molar-refractivity contribution in [2.24, 2.45) is 5.73 Å². The van der Waals surface area contributed by atoms with Crippen molar-refractivity contribution in [1.29, 1.82) is 0 Å². The zero-order valence-electron chi connectivity index (χ0n) is 16.1. The average Bonchev–Trinajstić information content (AvgIpc) is 2.55. The number of carbonyl (C=O) groups is 1. The van der Waals surface area contributed by atoms with Gasteiger partial charge in [0, 0.05) is 5.57 Å². The van der Waals surface area contributed by atoms with Crippen LogP contribution in [0, 0.1) is 0 Å². The van der Waals surface area contributed by atoms with Crippen molar-refractivity contribution in [2.45, 2.75) is 89.0 Å². The first-order valence-electron chi connectivity index (χ1n) is 8.22. The standard InChI is InChI=1S/C10H17NO.4C2H6/c1-4-8(3)6-7-9(5-2)10(11)12;4*1-2/h5-6H,4,7H2,1-3H3,(H2,11,12);4*1-2H3/b8-6-,9-5+;;;;. The molecule has 0 aromatic heterocycles. The number of allylic oxidation sites excluding steroid dienone is 3. The third kappa shape index (κ3) is 30.2. The third-order valence-corrected chi connectivity index (χ3v) is 1.89. The summed E-state index contributed by atoms with van der Waals surface area (Å²) < 4.78 is 0. The highest BCUT2D eigenvalue weighted by Crippen LogP contribution is 2.06. The van der Waals surface area contributed by atoms with Crippen molar-refractivity contribution in [3.63, 3.8) is 0 Å². The maximum Gasteiger partial charge on any atom is 0.244 e. The lowest BCUT2D eigenvalue weighted by Gasteiger charge is -1.98.